The second-order valence-corrected chi connectivity index (χ2v) is 5.72. The first-order valence-corrected chi connectivity index (χ1v) is 8.04. The van der Waals surface area contributed by atoms with Crippen molar-refractivity contribution in [2.75, 3.05) is 0 Å². The Labute approximate surface area is 181 Å². The first-order chi connectivity index (χ1) is 15.3. The molecule has 0 spiro atoms. The van der Waals surface area contributed by atoms with Crippen molar-refractivity contribution in [1.29, 1.82) is 0 Å². The van der Waals surface area contributed by atoms with Crippen LogP contribution in [-0.4, -0.2) is 36.9 Å². The van der Waals surface area contributed by atoms with Gasteiger partial charge in [-0.05, 0) is 6.42 Å². The lowest BCUT2D eigenvalue weighted by atomic mass is 10.0. The summed E-state index contributed by atoms with van der Waals surface area (Å²) in [5.74, 6) is -14.9. The van der Waals surface area contributed by atoms with Crippen molar-refractivity contribution >= 4 is 0 Å². The molecular weight excluding hydrogens is 549 g/mol. The summed E-state index contributed by atoms with van der Waals surface area (Å²) >= 11 is 0. The van der Waals surface area contributed by atoms with E-state index in [1.165, 1.54) is 0 Å². The zero-order valence-electron chi connectivity index (χ0n) is 15.9. The lowest BCUT2D eigenvalue weighted by molar-refractivity contribution is -0.300. The average Bonchev–Trinajstić information content (AvgIpc) is 2.55. The van der Waals surface area contributed by atoms with E-state index in [4.69, 9.17) is 0 Å². The van der Waals surface area contributed by atoms with Crippen LogP contribution in [0.1, 0.15) is 25.0 Å². The summed E-state index contributed by atoms with van der Waals surface area (Å²) in [6.07, 6.45) is -35.4. The predicted molar refractivity (Wildman–Crippen MR) is 75.1 cm³/mol. The molecule has 1 N–H and O–H groups in total. The number of hydrogen-bond acceptors (Lipinski definition) is 6. The molecule has 6 nitrogen and oxygen atoms in total. The summed E-state index contributed by atoms with van der Waals surface area (Å²) in [5.41, 5.74) is -2.31. The molecule has 204 valence electrons. The first-order valence-electron chi connectivity index (χ1n) is 8.04. The Kier molecular flexibility index (Phi) is 8.31. The van der Waals surface area contributed by atoms with Gasteiger partial charge >= 0.3 is 31.8 Å². The molecule has 0 aliphatic carbocycles. The highest BCUT2D eigenvalue weighted by molar-refractivity contribution is 5.71. The summed E-state index contributed by atoms with van der Waals surface area (Å²) in [6, 6.07) is 0. The van der Waals surface area contributed by atoms with Crippen molar-refractivity contribution in [2.45, 2.75) is 51.3 Å². The second-order valence-electron chi connectivity index (χ2n) is 5.72. The van der Waals surface area contributed by atoms with Gasteiger partial charge in [-0.2, -0.15) is 0 Å². The molecule has 0 amide bonds. The van der Waals surface area contributed by atoms with Crippen molar-refractivity contribution in [2.24, 2.45) is 0 Å². The third-order valence-corrected chi connectivity index (χ3v) is 3.12. The molecule has 1 unspecified atom stereocenters. The van der Waals surface area contributed by atoms with Crippen LogP contribution in [0, 0.1) is 0 Å². The number of aliphatic hydroxyl groups excluding tert-OH is 1. The van der Waals surface area contributed by atoms with Gasteiger partial charge in [-0.25, -0.2) is 0 Å². The van der Waals surface area contributed by atoms with Gasteiger partial charge in [-0.15, -0.1) is 65.9 Å². The van der Waals surface area contributed by atoms with Crippen molar-refractivity contribution in [3.63, 3.8) is 0 Å². The standard InChI is InChI=1S/C14H7F15O6/c1-2-3(30)4-5(31-10(15,16)17)7(33-12(21,22)23)9(35-14(27,28)29)8(34-13(24,25)26)6(4)32-11(18,19)20/h3,30H,2H2,1H3. The van der Waals surface area contributed by atoms with Crippen molar-refractivity contribution in [1.82, 2.24) is 0 Å². The van der Waals surface area contributed by atoms with Gasteiger partial charge in [-0.1, -0.05) is 6.92 Å². The highest BCUT2D eigenvalue weighted by atomic mass is 19.4. The fourth-order valence-corrected chi connectivity index (χ4v) is 2.22. The van der Waals surface area contributed by atoms with E-state index in [2.05, 4.69) is 23.7 Å². The van der Waals surface area contributed by atoms with Crippen LogP contribution in [0.15, 0.2) is 0 Å². The SMILES string of the molecule is CCC(O)c1c(OC(F)(F)F)c(OC(F)(F)F)c(OC(F)(F)F)c(OC(F)(F)F)c1OC(F)(F)F. The topological polar surface area (TPSA) is 66.4 Å². The molecule has 0 aliphatic rings. The van der Waals surface area contributed by atoms with Gasteiger partial charge < -0.3 is 28.8 Å². The lowest BCUT2D eigenvalue weighted by Gasteiger charge is -2.28. The van der Waals surface area contributed by atoms with Crippen LogP contribution in [0.25, 0.3) is 0 Å². The minimum absolute atomic E-state index is 0.730. The molecule has 0 heterocycles. The number of alkyl halides is 15. The van der Waals surface area contributed by atoms with Crippen molar-refractivity contribution in [3.8, 4) is 28.7 Å². The molecule has 0 radical (unpaired) electrons. The lowest BCUT2D eigenvalue weighted by Crippen LogP contribution is -2.28. The largest absolute Gasteiger partial charge is 0.573 e. The molecule has 0 fully saturated rings. The Hall–Kier alpha value is -2.87. The molecular formula is C14H7F15O6. The zero-order valence-corrected chi connectivity index (χ0v) is 15.9. The number of benzene rings is 1. The highest BCUT2D eigenvalue weighted by Crippen LogP contribution is 2.60. The van der Waals surface area contributed by atoms with E-state index < -0.39 is 78.6 Å². The Balaban J connectivity index is 4.43. The summed E-state index contributed by atoms with van der Waals surface area (Å²) in [5, 5.41) is 9.82. The summed E-state index contributed by atoms with van der Waals surface area (Å²) in [6.45, 7) is 0.730. The third-order valence-electron chi connectivity index (χ3n) is 3.12. The van der Waals surface area contributed by atoms with Gasteiger partial charge in [0.2, 0.25) is 17.2 Å². The number of rotatable bonds is 7. The monoisotopic (exact) mass is 556 g/mol. The Morgan fingerprint density at radius 2 is 0.686 bits per heavy atom. The van der Waals surface area contributed by atoms with Crippen molar-refractivity contribution < 1.29 is 94.6 Å². The van der Waals surface area contributed by atoms with Crippen LogP contribution in [0.3, 0.4) is 0 Å². The maximum absolute atomic E-state index is 12.8. The molecule has 1 rings (SSSR count). The van der Waals surface area contributed by atoms with E-state index in [0.717, 1.165) is 6.92 Å². The van der Waals surface area contributed by atoms with E-state index in [1.54, 1.807) is 0 Å². The van der Waals surface area contributed by atoms with E-state index in [1.807, 2.05) is 0 Å². The van der Waals surface area contributed by atoms with Crippen LogP contribution < -0.4 is 23.7 Å². The van der Waals surface area contributed by atoms with Gasteiger partial charge in [0.15, 0.2) is 11.5 Å². The normalized spacial score (nSPS) is 14.4. The van der Waals surface area contributed by atoms with Crippen LogP contribution in [0.2, 0.25) is 0 Å². The summed E-state index contributed by atoms with van der Waals surface area (Å²) in [4.78, 5) is 0. The molecule has 0 aromatic heterocycles. The molecule has 1 aromatic carbocycles. The number of halogens is 15. The molecule has 21 heteroatoms. The molecule has 1 atom stereocenters. The van der Waals surface area contributed by atoms with Gasteiger partial charge in [0.25, 0.3) is 0 Å². The number of aliphatic hydroxyl groups is 1. The Morgan fingerprint density at radius 1 is 0.486 bits per heavy atom. The van der Waals surface area contributed by atoms with Crippen LogP contribution >= 0.6 is 0 Å². The van der Waals surface area contributed by atoms with Gasteiger partial charge in [0.05, 0.1) is 11.7 Å². The predicted octanol–water partition coefficient (Wildman–Crippen LogP) is 6.62. The fourth-order valence-electron chi connectivity index (χ4n) is 2.22. The van der Waals surface area contributed by atoms with Crippen LogP contribution in [0.4, 0.5) is 65.9 Å². The summed E-state index contributed by atoms with van der Waals surface area (Å²) in [7, 11) is 0. The maximum atomic E-state index is 12.8. The van der Waals surface area contributed by atoms with Gasteiger partial charge in [0.1, 0.15) is 0 Å². The van der Waals surface area contributed by atoms with Crippen molar-refractivity contribution in [3.05, 3.63) is 5.56 Å². The molecule has 1 aromatic rings. The summed E-state index contributed by atoms with van der Waals surface area (Å²) < 4.78 is 207. The van der Waals surface area contributed by atoms with E-state index >= 15 is 0 Å². The molecule has 0 saturated carbocycles. The molecule has 0 aliphatic heterocycles. The fraction of sp³-hybridized carbons (Fsp3) is 0.571. The van der Waals surface area contributed by atoms with E-state index in [9.17, 15) is 71.0 Å². The highest BCUT2D eigenvalue weighted by Gasteiger charge is 2.50. The third kappa shape index (κ3) is 9.72. The Bertz CT molecular complexity index is 824. The quantitative estimate of drug-likeness (QED) is 0.381. The van der Waals surface area contributed by atoms with Gasteiger partial charge in [-0.3, -0.25) is 0 Å². The second kappa shape index (κ2) is 9.64. The van der Waals surface area contributed by atoms with Crippen LogP contribution in [0.5, 0.6) is 28.7 Å². The van der Waals surface area contributed by atoms with E-state index in [0.29, 0.717) is 0 Å². The molecule has 0 saturated heterocycles. The van der Waals surface area contributed by atoms with Gasteiger partial charge in [0, 0.05) is 0 Å². The first kappa shape index (κ1) is 30.2. The minimum atomic E-state index is -6.37. The number of hydrogen-bond donors (Lipinski definition) is 1. The molecule has 0 bridgehead atoms. The van der Waals surface area contributed by atoms with E-state index in [-0.39, 0.29) is 0 Å². The smallest absolute Gasteiger partial charge is 0.401 e. The average molecular weight is 556 g/mol. The Morgan fingerprint density at radius 3 is 0.886 bits per heavy atom. The number of ether oxygens (including phenoxy) is 5. The minimum Gasteiger partial charge on any atom is -0.401 e. The van der Waals surface area contributed by atoms with Crippen LogP contribution in [-0.2, 0) is 0 Å². The maximum Gasteiger partial charge on any atom is 0.573 e. The molecule has 35 heavy (non-hydrogen) atoms. The zero-order chi connectivity index (χ0) is 27.8.